The Hall–Kier alpha value is -1.33. The highest BCUT2D eigenvalue weighted by atomic mass is 32.2. The summed E-state index contributed by atoms with van der Waals surface area (Å²) < 4.78 is 31.1. The molecule has 142 valence electrons. The third-order valence-electron chi connectivity index (χ3n) is 4.63. The molecule has 0 radical (unpaired) electrons. The number of hydrogen-bond donors (Lipinski definition) is 2. The summed E-state index contributed by atoms with van der Waals surface area (Å²) in [6, 6.07) is 3.22. The van der Waals surface area contributed by atoms with Crippen LogP contribution in [-0.2, 0) is 10.1 Å². The fourth-order valence-corrected chi connectivity index (χ4v) is 3.93. The second-order valence-corrected chi connectivity index (χ2v) is 8.96. The molecule has 0 fully saturated rings. The maximum Gasteiger partial charge on any atom is 0.298 e. The Bertz CT molecular complexity index is 715. The maximum absolute atomic E-state index is 11.0. The van der Waals surface area contributed by atoms with E-state index in [1.165, 1.54) is 26.2 Å². The largest absolute Gasteiger partial charge is 0.506 e. The molecule has 0 aliphatic heterocycles. The quantitative estimate of drug-likeness (QED) is 0.549. The van der Waals surface area contributed by atoms with Crippen LogP contribution in [-0.4, -0.2) is 18.1 Å². The van der Waals surface area contributed by atoms with Gasteiger partial charge in [-0.15, -0.1) is 0 Å². The van der Waals surface area contributed by atoms with Crippen LogP contribution in [0.3, 0.4) is 0 Å². The van der Waals surface area contributed by atoms with E-state index in [1.54, 1.807) is 17.7 Å². The van der Waals surface area contributed by atoms with Crippen molar-refractivity contribution < 1.29 is 18.1 Å². The SMILES string of the molecule is CC1CCC=C(C(C)C)C1.Cc1ccc(C(C)C)c(O)c1S(=O)(=O)O. The first-order chi connectivity index (χ1) is 11.4. The predicted molar refractivity (Wildman–Crippen MR) is 103 cm³/mol. The minimum atomic E-state index is -4.37. The first-order valence-corrected chi connectivity index (χ1v) is 10.4. The van der Waals surface area contributed by atoms with Gasteiger partial charge < -0.3 is 5.11 Å². The Kier molecular flexibility index (Phi) is 7.69. The fourth-order valence-electron chi connectivity index (χ4n) is 3.09. The smallest absolute Gasteiger partial charge is 0.298 e. The summed E-state index contributed by atoms with van der Waals surface area (Å²) in [5.41, 5.74) is 2.52. The molecule has 2 N–H and O–H groups in total. The number of aryl methyl sites for hydroxylation is 1. The molecule has 1 aliphatic carbocycles. The molecule has 5 heteroatoms. The van der Waals surface area contributed by atoms with Crippen LogP contribution in [0.5, 0.6) is 5.75 Å². The van der Waals surface area contributed by atoms with Gasteiger partial charge in [0.15, 0.2) is 0 Å². The van der Waals surface area contributed by atoms with Crippen molar-refractivity contribution in [2.75, 3.05) is 0 Å². The molecule has 1 aromatic carbocycles. The van der Waals surface area contributed by atoms with E-state index in [9.17, 15) is 13.5 Å². The molecule has 0 saturated carbocycles. The van der Waals surface area contributed by atoms with E-state index in [-0.39, 0.29) is 11.7 Å². The molecule has 1 atom stereocenters. The minimum absolute atomic E-state index is 0.00824. The molecule has 0 spiro atoms. The van der Waals surface area contributed by atoms with Crippen molar-refractivity contribution in [1.82, 2.24) is 0 Å². The zero-order chi connectivity index (χ0) is 19.4. The van der Waals surface area contributed by atoms with Gasteiger partial charge in [-0.2, -0.15) is 8.42 Å². The molecule has 0 bridgehead atoms. The zero-order valence-corrected chi connectivity index (χ0v) is 17.0. The number of phenols is 1. The first-order valence-electron chi connectivity index (χ1n) is 8.94. The fraction of sp³-hybridized carbons (Fsp3) is 0.600. The van der Waals surface area contributed by atoms with Gasteiger partial charge >= 0.3 is 0 Å². The van der Waals surface area contributed by atoms with Gasteiger partial charge in [0.25, 0.3) is 10.1 Å². The Morgan fingerprint density at radius 1 is 1.12 bits per heavy atom. The molecular weight excluding hydrogens is 336 g/mol. The highest BCUT2D eigenvalue weighted by Gasteiger charge is 2.22. The van der Waals surface area contributed by atoms with Crippen molar-refractivity contribution in [1.29, 1.82) is 0 Å². The lowest BCUT2D eigenvalue weighted by Gasteiger charge is -2.21. The van der Waals surface area contributed by atoms with Crippen molar-refractivity contribution in [2.45, 2.75) is 71.6 Å². The Morgan fingerprint density at radius 2 is 1.72 bits per heavy atom. The lowest BCUT2D eigenvalue weighted by Crippen LogP contribution is -2.06. The third-order valence-corrected chi connectivity index (χ3v) is 5.66. The number of benzene rings is 1. The molecule has 0 heterocycles. The van der Waals surface area contributed by atoms with E-state index in [0.29, 0.717) is 11.1 Å². The number of hydrogen-bond acceptors (Lipinski definition) is 3. The van der Waals surface area contributed by atoms with Gasteiger partial charge in [0, 0.05) is 0 Å². The van der Waals surface area contributed by atoms with Gasteiger partial charge in [0.1, 0.15) is 10.6 Å². The molecule has 25 heavy (non-hydrogen) atoms. The van der Waals surface area contributed by atoms with Crippen LogP contribution < -0.4 is 0 Å². The van der Waals surface area contributed by atoms with Crippen LogP contribution in [0.25, 0.3) is 0 Å². The predicted octanol–water partition coefficient (Wildman–Crippen LogP) is 5.46. The summed E-state index contributed by atoms with van der Waals surface area (Å²) in [6.45, 7) is 12.1. The van der Waals surface area contributed by atoms with Gasteiger partial charge in [0.05, 0.1) is 0 Å². The number of phenolic OH excluding ortho intramolecular Hbond substituents is 1. The molecule has 2 rings (SSSR count). The Labute approximate surface area is 152 Å². The van der Waals surface area contributed by atoms with E-state index in [4.69, 9.17) is 4.55 Å². The molecule has 1 aromatic rings. The Morgan fingerprint density at radius 3 is 2.12 bits per heavy atom. The molecule has 0 aromatic heterocycles. The van der Waals surface area contributed by atoms with Crippen molar-refractivity contribution >= 4 is 10.1 Å². The van der Waals surface area contributed by atoms with Crippen molar-refractivity contribution in [3.05, 3.63) is 34.9 Å². The normalized spacial score (nSPS) is 18.0. The molecule has 1 unspecified atom stereocenters. The van der Waals surface area contributed by atoms with E-state index in [0.717, 1.165) is 11.8 Å². The van der Waals surface area contributed by atoms with Crippen molar-refractivity contribution in [3.63, 3.8) is 0 Å². The molecule has 1 aliphatic rings. The van der Waals surface area contributed by atoms with E-state index >= 15 is 0 Å². The topological polar surface area (TPSA) is 74.6 Å². The van der Waals surface area contributed by atoms with Gasteiger partial charge in [-0.3, -0.25) is 4.55 Å². The Balaban J connectivity index is 0.000000271. The number of allylic oxidation sites excluding steroid dienone is 2. The van der Waals surface area contributed by atoms with Crippen LogP contribution in [0.2, 0.25) is 0 Å². The second-order valence-electron chi connectivity index (χ2n) is 7.60. The number of aromatic hydroxyl groups is 1. The van der Waals surface area contributed by atoms with Gasteiger partial charge in [-0.25, -0.2) is 0 Å². The van der Waals surface area contributed by atoms with Crippen LogP contribution in [0.15, 0.2) is 28.7 Å². The molecule has 0 saturated heterocycles. The van der Waals surface area contributed by atoms with Gasteiger partial charge in [-0.1, -0.05) is 58.4 Å². The second kappa shape index (κ2) is 8.86. The summed E-state index contributed by atoms with van der Waals surface area (Å²) in [4.78, 5) is -0.395. The van der Waals surface area contributed by atoms with Crippen LogP contribution in [0, 0.1) is 18.8 Å². The highest BCUT2D eigenvalue weighted by molar-refractivity contribution is 7.86. The van der Waals surface area contributed by atoms with Crippen molar-refractivity contribution in [2.24, 2.45) is 11.8 Å². The van der Waals surface area contributed by atoms with Gasteiger partial charge in [-0.05, 0) is 55.1 Å². The minimum Gasteiger partial charge on any atom is -0.506 e. The standard InChI is InChI=1S/C10H14O4S.C10H18/c1-6(2)8-5-4-7(3)10(9(8)11)15(12,13)14;1-8(2)10-6-4-5-9(3)7-10/h4-6,11H,1-3H3,(H,12,13,14);6,8-9H,4-5,7H2,1-3H3. The van der Waals surface area contributed by atoms with Crippen LogP contribution in [0.1, 0.15) is 70.9 Å². The summed E-state index contributed by atoms with van der Waals surface area (Å²) in [6.07, 6.45) is 6.49. The average molecular weight is 369 g/mol. The number of rotatable bonds is 3. The van der Waals surface area contributed by atoms with E-state index in [1.807, 2.05) is 13.8 Å². The summed E-state index contributed by atoms with van der Waals surface area (Å²) >= 11 is 0. The monoisotopic (exact) mass is 368 g/mol. The molecule has 0 amide bonds. The molecular formula is C20H32O4S. The summed E-state index contributed by atoms with van der Waals surface area (Å²) in [5.74, 6) is 1.35. The highest BCUT2D eigenvalue weighted by Crippen LogP contribution is 2.34. The van der Waals surface area contributed by atoms with Gasteiger partial charge in [0.2, 0.25) is 0 Å². The average Bonchev–Trinajstić information content (AvgIpc) is 2.46. The van der Waals surface area contributed by atoms with Crippen LogP contribution in [0.4, 0.5) is 0 Å². The van der Waals surface area contributed by atoms with Crippen LogP contribution >= 0.6 is 0 Å². The van der Waals surface area contributed by atoms with E-state index in [2.05, 4.69) is 26.8 Å². The first kappa shape index (κ1) is 21.7. The molecule has 4 nitrogen and oxygen atoms in total. The summed E-state index contributed by atoms with van der Waals surface area (Å²) in [7, 11) is -4.37. The summed E-state index contributed by atoms with van der Waals surface area (Å²) in [5, 5.41) is 9.74. The lowest BCUT2D eigenvalue weighted by molar-refractivity contribution is 0.434. The third kappa shape index (κ3) is 6.15. The maximum atomic E-state index is 11.0. The van der Waals surface area contributed by atoms with E-state index < -0.39 is 15.0 Å². The lowest BCUT2D eigenvalue weighted by atomic mass is 9.85. The zero-order valence-electron chi connectivity index (χ0n) is 16.2. The van der Waals surface area contributed by atoms with Crippen molar-refractivity contribution in [3.8, 4) is 5.75 Å².